The van der Waals surface area contributed by atoms with Crippen molar-refractivity contribution in [1.29, 1.82) is 0 Å². The largest absolute Gasteiger partial charge is 0.365 e. The van der Waals surface area contributed by atoms with E-state index in [9.17, 15) is 0 Å². The Kier molecular flexibility index (Phi) is 3.81. The van der Waals surface area contributed by atoms with Crippen molar-refractivity contribution in [2.24, 2.45) is 5.73 Å². The molecule has 1 aromatic rings. The van der Waals surface area contributed by atoms with Gasteiger partial charge in [0.1, 0.15) is 0 Å². The second-order valence-corrected chi connectivity index (χ2v) is 6.00. The Hall–Kier alpha value is -0.610. The molecule has 2 aliphatic rings. The van der Waals surface area contributed by atoms with Gasteiger partial charge in [-0.1, -0.05) is 17.7 Å². The van der Waals surface area contributed by atoms with Crippen molar-refractivity contribution in [3.63, 3.8) is 0 Å². The van der Waals surface area contributed by atoms with Crippen molar-refractivity contribution in [2.75, 3.05) is 26.2 Å². The summed E-state index contributed by atoms with van der Waals surface area (Å²) in [7, 11) is 0. The average Bonchev–Trinajstić information content (AvgIpc) is 2.77. The average molecular weight is 281 g/mol. The third-order valence-corrected chi connectivity index (χ3v) is 4.64. The molecule has 3 nitrogen and oxygen atoms in total. The lowest BCUT2D eigenvalue weighted by molar-refractivity contribution is -0.0787. The zero-order chi connectivity index (χ0) is 13.3. The first kappa shape index (κ1) is 13.4. The summed E-state index contributed by atoms with van der Waals surface area (Å²) in [5, 5.41) is 0.814. The Bertz CT molecular complexity index is 455. The van der Waals surface area contributed by atoms with Gasteiger partial charge in [0, 0.05) is 18.1 Å². The highest BCUT2D eigenvalue weighted by Crippen LogP contribution is 2.44. The molecule has 1 saturated heterocycles. The van der Waals surface area contributed by atoms with E-state index < -0.39 is 0 Å². The molecule has 0 saturated carbocycles. The van der Waals surface area contributed by atoms with E-state index >= 15 is 0 Å². The summed E-state index contributed by atoms with van der Waals surface area (Å²) in [6, 6.07) is 6.16. The lowest BCUT2D eigenvalue weighted by Gasteiger charge is -2.39. The molecule has 1 fully saturated rings. The normalized spacial score (nSPS) is 21.8. The maximum atomic E-state index is 6.15. The summed E-state index contributed by atoms with van der Waals surface area (Å²) in [5.41, 5.74) is 8.11. The van der Waals surface area contributed by atoms with Crippen LogP contribution in [0, 0.1) is 0 Å². The van der Waals surface area contributed by atoms with E-state index in [4.69, 9.17) is 22.1 Å². The van der Waals surface area contributed by atoms with E-state index in [0.29, 0.717) is 0 Å². The second-order valence-electron chi connectivity index (χ2n) is 5.57. The Morgan fingerprint density at radius 3 is 2.84 bits per heavy atom. The molecule has 0 amide bonds. The predicted octanol–water partition coefficient (Wildman–Crippen LogP) is 2.51. The Morgan fingerprint density at radius 2 is 2.11 bits per heavy atom. The molecule has 4 heteroatoms. The smallest absolute Gasteiger partial charge is 0.0964 e. The summed E-state index contributed by atoms with van der Waals surface area (Å²) >= 11 is 6.14. The first-order valence-corrected chi connectivity index (χ1v) is 7.47. The zero-order valence-electron chi connectivity index (χ0n) is 11.2. The minimum Gasteiger partial charge on any atom is -0.365 e. The molecule has 3 rings (SSSR count). The molecular formula is C15H21ClN2O. The fraction of sp³-hybridized carbons (Fsp3) is 0.600. The third-order valence-electron chi connectivity index (χ3n) is 4.41. The minimum atomic E-state index is -0.0839. The monoisotopic (exact) mass is 280 g/mol. The Balaban J connectivity index is 1.73. The van der Waals surface area contributed by atoms with Gasteiger partial charge in [0.15, 0.2) is 0 Å². The standard InChI is InChI=1S/C15H21ClN2O/c16-13-3-2-12-11-19-15(14(12)10-13)4-8-18(9-5-15)7-1-6-17/h2-3,10H,1,4-9,11,17H2. The highest BCUT2D eigenvalue weighted by molar-refractivity contribution is 6.30. The van der Waals surface area contributed by atoms with Crippen LogP contribution in [0.1, 0.15) is 30.4 Å². The van der Waals surface area contributed by atoms with Gasteiger partial charge in [-0.05, 0) is 55.6 Å². The van der Waals surface area contributed by atoms with Gasteiger partial charge >= 0.3 is 0 Å². The van der Waals surface area contributed by atoms with Crippen LogP contribution in [0.25, 0.3) is 0 Å². The van der Waals surface area contributed by atoms with E-state index in [1.54, 1.807) is 0 Å². The number of likely N-dealkylation sites (tertiary alicyclic amines) is 1. The van der Waals surface area contributed by atoms with Gasteiger partial charge in [-0.15, -0.1) is 0 Å². The van der Waals surface area contributed by atoms with E-state index in [1.807, 2.05) is 6.07 Å². The van der Waals surface area contributed by atoms with Crippen molar-refractivity contribution in [3.8, 4) is 0 Å². The number of hydrogen-bond acceptors (Lipinski definition) is 3. The summed E-state index contributed by atoms with van der Waals surface area (Å²) in [6.07, 6.45) is 3.20. The highest BCUT2D eigenvalue weighted by Gasteiger charge is 2.42. The minimum absolute atomic E-state index is 0.0839. The molecule has 2 heterocycles. The maximum absolute atomic E-state index is 6.15. The summed E-state index contributed by atoms with van der Waals surface area (Å²) in [4.78, 5) is 2.49. The molecule has 1 spiro atoms. The lowest BCUT2D eigenvalue weighted by Crippen LogP contribution is -2.43. The number of hydrogen-bond donors (Lipinski definition) is 1. The molecule has 19 heavy (non-hydrogen) atoms. The number of halogens is 1. The molecule has 0 unspecified atom stereocenters. The maximum Gasteiger partial charge on any atom is 0.0964 e. The lowest BCUT2D eigenvalue weighted by atomic mass is 9.84. The highest BCUT2D eigenvalue weighted by atomic mass is 35.5. The number of nitrogens with zero attached hydrogens (tertiary/aromatic N) is 1. The fourth-order valence-corrected chi connectivity index (χ4v) is 3.43. The number of fused-ring (bicyclic) bond motifs is 2. The van der Waals surface area contributed by atoms with E-state index in [1.165, 1.54) is 11.1 Å². The van der Waals surface area contributed by atoms with Gasteiger partial charge in [-0.2, -0.15) is 0 Å². The van der Waals surface area contributed by atoms with Crippen LogP contribution in [0.2, 0.25) is 5.02 Å². The van der Waals surface area contributed by atoms with Gasteiger partial charge in [0.05, 0.1) is 12.2 Å². The molecular weight excluding hydrogens is 260 g/mol. The summed E-state index contributed by atoms with van der Waals surface area (Å²) in [5.74, 6) is 0. The molecule has 1 aromatic carbocycles. The van der Waals surface area contributed by atoms with Crippen LogP contribution in [0.3, 0.4) is 0 Å². The number of nitrogens with two attached hydrogens (primary N) is 1. The first-order valence-electron chi connectivity index (χ1n) is 7.09. The number of ether oxygens (including phenoxy) is 1. The third kappa shape index (κ3) is 2.52. The van der Waals surface area contributed by atoms with Gasteiger partial charge in [-0.25, -0.2) is 0 Å². The van der Waals surface area contributed by atoms with Gasteiger partial charge in [0.2, 0.25) is 0 Å². The van der Waals surface area contributed by atoms with Gasteiger partial charge < -0.3 is 15.4 Å². The van der Waals surface area contributed by atoms with Crippen LogP contribution in [0.5, 0.6) is 0 Å². The zero-order valence-corrected chi connectivity index (χ0v) is 12.0. The topological polar surface area (TPSA) is 38.5 Å². The first-order chi connectivity index (χ1) is 9.23. The van der Waals surface area contributed by atoms with Crippen LogP contribution in [0.4, 0.5) is 0 Å². The van der Waals surface area contributed by atoms with Crippen molar-refractivity contribution < 1.29 is 4.74 Å². The van der Waals surface area contributed by atoms with Crippen molar-refractivity contribution in [1.82, 2.24) is 4.90 Å². The predicted molar refractivity (Wildman–Crippen MR) is 77.3 cm³/mol. The van der Waals surface area contributed by atoms with Crippen molar-refractivity contribution in [2.45, 2.75) is 31.5 Å². The summed E-state index contributed by atoms with van der Waals surface area (Å²) in [6.45, 7) is 4.79. The van der Waals surface area contributed by atoms with E-state index in [2.05, 4.69) is 17.0 Å². The van der Waals surface area contributed by atoms with Crippen molar-refractivity contribution >= 4 is 11.6 Å². The fourth-order valence-electron chi connectivity index (χ4n) is 3.26. The quantitative estimate of drug-likeness (QED) is 0.925. The van der Waals surface area contributed by atoms with Crippen LogP contribution >= 0.6 is 11.6 Å². The molecule has 2 aliphatic heterocycles. The molecule has 104 valence electrons. The number of rotatable bonds is 3. The summed E-state index contributed by atoms with van der Waals surface area (Å²) < 4.78 is 6.15. The van der Waals surface area contributed by atoms with E-state index in [-0.39, 0.29) is 5.60 Å². The SMILES string of the molecule is NCCCN1CCC2(CC1)OCc1ccc(Cl)cc12. The Morgan fingerprint density at radius 1 is 1.32 bits per heavy atom. The molecule has 0 atom stereocenters. The molecule has 0 aliphatic carbocycles. The van der Waals surface area contributed by atoms with Crippen LogP contribution in [-0.4, -0.2) is 31.1 Å². The van der Waals surface area contributed by atoms with Crippen LogP contribution in [0.15, 0.2) is 18.2 Å². The Labute approximate surface area is 119 Å². The van der Waals surface area contributed by atoms with E-state index in [0.717, 1.165) is 57.1 Å². The second kappa shape index (κ2) is 5.41. The van der Waals surface area contributed by atoms with Crippen LogP contribution < -0.4 is 5.73 Å². The molecule has 0 bridgehead atoms. The molecule has 0 aromatic heterocycles. The van der Waals surface area contributed by atoms with Crippen LogP contribution in [-0.2, 0) is 16.9 Å². The van der Waals surface area contributed by atoms with Gasteiger partial charge in [-0.3, -0.25) is 0 Å². The van der Waals surface area contributed by atoms with Gasteiger partial charge in [0.25, 0.3) is 0 Å². The number of piperidine rings is 1. The number of benzene rings is 1. The molecule has 2 N–H and O–H groups in total. The van der Waals surface area contributed by atoms with Crippen molar-refractivity contribution in [3.05, 3.63) is 34.3 Å². The molecule has 0 radical (unpaired) electrons.